The van der Waals surface area contributed by atoms with Crippen molar-refractivity contribution >= 4 is 17.8 Å². The maximum atomic E-state index is 12.6. The van der Waals surface area contributed by atoms with Gasteiger partial charge in [-0.25, -0.2) is 4.79 Å². The molecule has 2 fully saturated rings. The van der Waals surface area contributed by atoms with Gasteiger partial charge in [-0.3, -0.25) is 14.5 Å². The highest BCUT2D eigenvalue weighted by molar-refractivity contribution is 6.09. The number of unbranched alkanes of at least 4 members (excludes halogenated alkanes) is 1. The normalized spacial score (nSPS) is 20.4. The number of nitrogens with one attached hydrogen (secondary N) is 1. The van der Waals surface area contributed by atoms with Gasteiger partial charge in [-0.15, -0.1) is 0 Å². The number of carbonyl (C=O) groups is 3. The molecular weight excluding hydrogens is 282 g/mol. The van der Waals surface area contributed by atoms with E-state index in [0.717, 1.165) is 37.0 Å². The Labute approximate surface area is 132 Å². The number of nitrogens with zero attached hydrogens (tertiary/aromatic N) is 2. The maximum Gasteiger partial charge on any atom is 0.325 e. The standard InChI is InChI=1S/C16H27N3O3/c1-3-5-11-18(4-2)13(20)12-19-14(21)16(17-15(19)22)9-7-6-8-10-16/h3-12H2,1-2H3,(H,17,22). The van der Waals surface area contributed by atoms with Crippen LogP contribution in [-0.2, 0) is 9.59 Å². The van der Waals surface area contributed by atoms with Gasteiger partial charge in [-0.05, 0) is 26.2 Å². The predicted molar refractivity (Wildman–Crippen MR) is 83.2 cm³/mol. The largest absolute Gasteiger partial charge is 0.341 e. The van der Waals surface area contributed by atoms with Crippen LogP contribution in [0.4, 0.5) is 4.79 Å². The van der Waals surface area contributed by atoms with Crippen LogP contribution >= 0.6 is 0 Å². The van der Waals surface area contributed by atoms with Gasteiger partial charge in [-0.2, -0.15) is 0 Å². The molecule has 1 saturated heterocycles. The van der Waals surface area contributed by atoms with Crippen molar-refractivity contribution in [2.75, 3.05) is 19.6 Å². The highest BCUT2D eigenvalue weighted by Gasteiger charge is 2.51. The highest BCUT2D eigenvalue weighted by Crippen LogP contribution is 2.33. The number of hydrogen-bond donors (Lipinski definition) is 1. The van der Waals surface area contributed by atoms with Gasteiger partial charge in [0.2, 0.25) is 5.91 Å². The Bertz CT molecular complexity index is 444. The third kappa shape index (κ3) is 3.25. The summed E-state index contributed by atoms with van der Waals surface area (Å²) in [6.45, 7) is 5.14. The molecule has 1 saturated carbocycles. The number of rotatable bonds is 6. The molecule has 0 aromatic rings. The van der Waals surface area contributed by atoms with E-state index >= 15 is 0 Å². The van der Waals surface area contributed by atoms with Crippen molar-refractivity contribution in [2.45, 2.75) is 64.3 Å². The van der Waals surface area contributed by atoms with Crippen LogP contribution in [0.1, 0.15) is 58.8 Å². The van der Waals surface area contributed by atoms with Crippen LogP contribution in [0, 0.1) is 0 Å². The van der Waals surface area contributed by atoms with Crippen molar-refractivity contribution < 1.29 is 14.4 Å². The zero-order valence-electron chi connectivity index (χ0n) is 13.7. The number of amides is 4. The van der Waals surface area contributed by atoms with Gasteiger partial charge >= 0.3 is 6.03 Å². The average Bonchev–Trinajstić information content (AvgIpc) is 2.73. The molecular formula is C16H27N3O3. The van der Waals surface area contributed by atoms with Crippen molar-refractivity contribution in [3.63, 3.8) is 0 Å². The predicted octanol–water partition coefficient (Wildman–Crippen LogP) is 1.89. The molecule has 0 aromatic heterocycles. The van der Waals surface area contributed by atoms with Gasteiger partial charge in [0.05, 0.1) is 0 Å². The molecule has 124 valence electrons. The lowest BCUT2D eigenvalue weighted by Crippen LogP contribution is -2.49. The van der Waals surface area contributed by atoms with Crippen molar-refractivity contribution in [1.29, 1.82) is 0 Å². The molecule has 1 heterocycles. The fraction of sp³-hybridized carbons (Fsp3) is 0.812. The zero-order valence-corrected chi connectivity index (χ0v) is 13.7. The van der Waals surface area contributed by atoms with Crippen LogP contribution in [0.15, 0.2) is 0 Å². The molecule has 0 bridgehead atoms. The molecule has 2 rings (SSSR count). The minimum atomic E-state index is -0.740. The molecule has 0 atom stereocenters. The molecule has 22 heavy (non-hydrogen) atoms. The van der Waals surface area contributed by atoms with E-state index in [2.05, 4.69) is 12.2 Å². The summed E-state index contributed by atoms with van der Waals surface area (Å²) in [5.74, 6) is -0.357. The SMILES string of the molecule is CCCCN(CC)C(=O)CN1C(=O)NC2(CCCCC2)C1=O. The molecule has 2 aliphatic rings. The molecule has 1 N–H and O–H groups in total. The Morgan fingerprint density at radius 1 is 1.23 bits per heavy atom. The van der Waals surface area contributed by atoms with E-state index in [1.807, 2.05) is 6.92 Å². The molecule has 4 amide bonds. The minimum absolute atomic E-state index is 0.135. The first-order chi connectivity index (χ1) is 10.5. The van der Waals surface area contributed by atoms with Gasteiger partial charge in [0, 0.05) is 13.1 Å². The quantitative estimate of drug-likeness (QED) is 0.762. The lowest BCUT2D eigenvalue weighted by atomic mass is 9.82. The third-order valence-corrected chi connectivity index (χ3v) is 4.76. The Hall–Kier alpha value is -1.59. The van der Waals surface area contributed by atoms with Crippen LogP contribution in [0.3, 0.4) is 0 Å². The maximum absolute atomic E-state index is 12.6. The second kappa shape index (κ2) is 7.11. The van der Waals surface area contributed by atoms with Gasteiger partial charge in [0.15, 0.2) is 0 Å². The van der Waals surface area contributed by atoms with Gasteiger partial charge in [-0.1, -0.05) is 32.6 Å². The Kier molecular flexibility index (Phi) is 5.42. The lowest BCUT2D eigenvalue weighted by molar-refractivity contribution is -0.139. The lowest BCUT2D eigenvalue weighted by Gasteiger charge is -2.30. The van der Waals surface area contributed by atoms with Crippen molar-refractivity contribution in [1.82, 2.24) is 15.1 Å². The number of urea groups is 1. The summed E-state index contributed by atoms with van der Waals surface area (Å²) >= 11 is 0. The molecule has 0 aromatic carbocycles. The first kappa shape index (κ1) is 16.8. The summed E-state index contributed by atoms with van der Waals surface area (Å²) < 4.78 is 0. The molecule has 1 aliphatic carbocycles. The highest BCUT2D eigenvalue weighted by atomic mass is 16.2. The Balaban J connectivity index is 2.01. The molecule has 1 spiro atoms. The smallest absolute Gasteiger partial charge is 0.325 e. The van der Waals surface area contributed by atoms with E-state index in [0.29, 0.717) is 25.9 Å². The Morgan fingerprint density at radius 2 is 1.91 bits per heavy atom. The van der Waals surface area contributed by atoms with Crippen LogP contribution < -0.4 is 5.32 Å². The van der Waals surface area contributed by atoms with Gasteiger partial charge < -0.3 is 10.2 Å². The first-order valence-electron chi connectivity index (χ1n) is 8.46. The van der Waals surface area contributed by atoms with Gasteiger partial charge in [0.25, 0.3) is 5.91 Å². The minimum Gasteiger partial charge on any atom is -0.341 e. The van der Waals surface area contributed by atoms with Crippen LogP contribution in [0.25, 0.3) is 0 Å². The monoisotopic (exact) mass is 309 g/mol. The average molecular weight is 309 g/mol. The summed E-state index contributed by atoms with van der Waals surface area (Å²) in [4.78, 5) is 39.9. The third-order valence-electron chi connectivity index (χ3n) is 4.76. The number of carbonyl (C=O) groups excluding carboxylic acids is 3. The molecule has 6 heteroatoms. The van der Waals surface area contributed by atoms with Crippen molar-refractivity contribution in [3.8, 4) is 0 Å². The number of likely N-dealkylation sites (N-methyl/N-ethyl adjacent to an activating group) is 1. The zero-order chi connectivity index (χ0) is 16.2. The Morgan fingerprint density at radius 3 is 2.50 bits per heavy atom. The summed E-state index contributed by atoms with van der Waals surface area (Å²) in [5.41, 5.74) is -0.740. The fourth-order valence-corrected chi connectivity index (χ4v) is 3.36. The molecule has 1 aliphatic heterocycles. The first-order valence-corrected chi connectivity index (χ1v) is 8.46. The second-order valence-corrected chi connectivity index (χ2v) is 6.29. The summed E-state index contributed by atoms with van der Waals surface area (Å²) in [5, 5.41) is 2.84. The van der Waals surface area contributed by atoms with E-state index in [1.54, 1.807) is 4.90 Å². The number of hydrogen-bond acceptors (Lipinski definition) is 3. The topological polar surface area (TPSA) is 69.7 Å². The van der Waals surface area contributed by atoms with E-state index in [-0.39, 0.29) is 18.4 Å². The fourth-order valence-electron chi connectivity index (χ4n) is 3.36. The molecule has 0 radical (unpaired) electrons. The van der Waals surface area contributed by atoms with E-state index in [9.17, 15) is 14.4 Å². The summed E-state index contributed by atoms with van der Waals surface area (Å²) in [6, 6.07) is -0.410. The van der Waals surface area contributed by atoms with Crippen LogP contribution in [0.5, 0.6) is 0 Å². The van der Waals surface area contributed by atoms with Gasteiger partial charge in [0.1, 0.15) is 12.1 Å². The summed E-state index contributed by atoms with van der Waals surface area (Å²) in [6.07, 6.45) is 6.33. The van der Waals surface area contributed by atoms with Crippen LogP contribution in [0.2, 0.25) is 0 Å². The molecule has 0 unspecified atom stereocenters. The van der Waals surface area contributed by atoms with E-state index in [1.165, 1.54) is 0 Å². The molecule has 6 nitrogen and oxygen atoms in total. The van der Waals surface area contributed by atoms with Crippen molar-refractivity contribution in [3.05, 3.63) is 0 Å². The summed E-state index contributed by atoms with van der Waals surface area (Å²) in [7, 11) is 0. The second-order valence-electron chi connectivity index (χ2n) is 6.29. The van der Waals surface area contributed by atoms with E-state index < -0.39 is 11.6 Å². The van der Waals surface area contributed by atoms with Crippen molar-refractivity contribution in [2.24, 2.45) is 0 Å². The van der Waals surface area contributed by atoms with E-state index in [4.69, 9.17) is 0 Å². The van der Waals surface area contributed by atoms with Crippen LogP contribution in [-0.4, -0.2) is 52.8 Å². The number of imide groups is 1.